The van der Waals surface area contributed by atoms with Crippen LogP contribution in [0.3, 0.4) is 0 Å². The van der Waals surface area contributed by atoms with Gasteiger partial charge in [-0.05, 0) is 12.1 Å². The number of hydrogen-bond donors (Lipinski definition) is 0. The lowest BCUT2D eigenvalue weighted by molar-refractivity contribution is -0.137. The van der Waals surface area contributed by atoms with Crippen molar-refractivity contribution >= 4 is 17.0 Å². The molecule has 1 saturated heterocycles. The third-order valence-corrected chi connectivity index (χ3v) is 3.79. The minimum atomic E-state index is -4.41. The van der Waals surface area contributed by atoms with Crippen LogP contribution >= 0.6 is 0 Å². The Morgan fingerprint density at radius 1 is 1.11 bits per heavy atom. The lowest BCUT2D eigenvalue weighted by Gasteiger charge is -2.37. The van der Waals surface area contributed by atoms with E-state index < -0.39 is 23.0 Å². The predicted octanol–water partition coefficient (Wildman–Crippen LogP) is 1.62. The zero-order chi connectivity index (χ0) is 14.0. The van der Waals surface area contributed by atoms with E-state index in [-0.39, 0.29) is 31.9 Å². The number of alkyl halides is 3. The average molecular weight is 293 g/mol. The molecule has 0 radical (unpaired) electrons. The van der Waals surface area contributed by atoms with E-state index >= 15 is 0 Å². The minimum absolute atomic E-state index is 0.103. The second-order valence-corrected chi connectivity index (χ2v) is 5.10. The Labute approximate surface area is 111 Å². The Morgan fingerprint density at radius 2 is 1.68 bits per heavy atom. The van der Waals surface area contributed by atoms with Crippen molar-refractivity contribution in [2.45, 2.75) is 6.18 Å². The number of nitrogens with zero attached hydrogens (tertiary/aromatic N) is 2. The number of benzene rings is 1. The zero-order valence-electron chi connectivity index (χ0n) is 9.89. The van der Waals surface area contributed by atoms with Crippen LogP contribution in [-0.4, -0.2) is 39.2 Å². The van der Waals surface area contributed by atoms with Gasteiger partial charge in [0.2, 0.25) is 0 Å². The average Bonchev–Trinajstić information content (AvgIpc) is 2.38. The summed E-state index contributed by atoms with van der Waals surface area (Å²) in [7, 11) is 0. The van der Waals surface area contributed by atoms with E-state index in [0.717, 1.165) is 6.07 Å². The maximum atomic E-state index is 12.9. The van der Waals surface area contributed by atoms with Crippen molar-refractivity contribution < 1.29 is 21.9 Å². The van der Waals surface area contributed by atoms with Crippen LogP contribution in [0.15, 0.2) is 24.3 Å². The molecule has 1 unspecified atom stereocenters. The van der Waals surface area contributed by atoms with Gasteiger partial charge >= 0.3 is 6.18 Å². The fourth-order valence-corrected chi connectivity index (χ4v) is 2.53. The summed E-state index contributed by atoms with van der Waals surface area (Å²) in [5.41, 5.74) is -0.585. The molecule has 0 spiro atoms. The number of hydrogen-bond acceptors (Lipinski definition) is 3. The predicted molar refractivity (Wildman–Crippen MR) is 64.1 cm³/mol. The first-order valence-corrected chi connectivity index (χ1v) is 6.68. The highest BCUT2D eigenvalue weighted by Gasteiger charge is 2.35. The van der Waals surface area contributed by atoms with Crippen LogP contribution in [0, 0.1) is 0 Å². The summed E-state index contributed by atoms with van der Waals surface area (Å²) < 4.78 is 61.3. The van der Waals surface area contributed by atoms with Gasteiger partial charge in [0.1, 0.15) is 0 Å². The maximum Gasteiger partial charge on any atom is 0.418 e. The second kappa shape index (κ2) is 5.48. The highest BCUT2D eigenvalue weighted by molar-refractivity contribution is 7.76. The summed E-state index contributed by atoms with van der Waals surface area (Å²) >= 11 is -2.31. The zero-order valence-corrected chi connectivity index (χ0v) is 10.7. The van der Waals surface area contributed by atoms with Crippen LogP contribution in [0.4, 0.5) is 18.9 Å². The van der Waals surface area contributed by atoms with Crippen LogP contribution in [0.25, 0.3) is 0 Å². The molecular formula is C11H12F3N2O2S-. The summed E-state index contributed by atoms with van der Waals surface area (Å²) in [5, 5.41) is 0. The number of piperazine rings is 1. The van der Waals surface area contributed by atoms with Crippen LogP contribution < -0.4 is 4.90 Å². The van der Waals surface area contributed by atoms with Gasteiger partial charge < -0.3 is 9.45 Å². The van der Waals surface area contributed by atoms with Crippen molar-refractivity contribution in [1.82, 2.24) is 4.31 Å². The molecule has 1 aromatic carbocycles. The molecule has 4 nitrogen and oxygen atoms in total. The van der Waals surface area contributed by atoms with Crippen molar-refractivity contribution in [2.24, 2.45) is 0 Å². The topological polar surface area (TPSA) is 46.6 Å². The van der Waals surface area contributed by atoms with E-state index in [1.165, 1.54) is 16.4 Å². The quantitative estimate of drug-likeness (QED) is 0.779. The molecule has 1 aliphatic rings. The van der Waals surface area contributed by atoms with Gasteiger partial charge in [0, 0.05) is 43.1 Å². The normalized spacial score (nSPS) is 19.5. The molecular weight excluding hydrogens is 281 g/mol. The number of para-hydroxylation sites is 1. The molecule has 0 N–H and O–H groups in total. The number of anilines is 1. The van der Waals surface area contributed by atoms with Crippen molar-refractivity contribution in [2.75, 3.05) is 31.1 Å². The SMILES string of the molecule is O=S([O-])N1CCN(c2ccccc2C(F)(F)F)CC1. The molecule has 1 aromatic rings. The molecule has 2 rings (SSSR count). The molecule has 1 fully saturated rings. The van der Waals surface area contributed by atoms with Crippen LogP contribution in [0.1, 0.15) is 5.56 Å². The van der Waals surface area contributed by atoms with Crippen molar-refractivity contribution in [1.29, 1.82) is 0 Å². The Kier molecular flexibility index (Phi) is 4.12. The molecule has 0 bridgehead atoms. The summed E-state index contributed by atoms with van der Waals surface area (Å²) in [6.07, 6.45) is -4.41. The number of halogens is 3. The minimum Gasteiger partial charge on any atom is -0.760 e. The Hall–Kier alpha value is -1.12. The van der Waals surface area contributed by atoms with E-state index in [9.17, 15) is 21.9 Å². The molecule has 0 aromatic heterocycles. The first-order chi connectivity index (χ1) is 8.89. The van der Waals surface area contributed by atoms with Crippen LogP contribution in [0.2, 0.25) is 0 Å². The fraction of sp³-hybridized carbons (Fsp3) is 0.455. The third kappa shape index (κ3) is 3.26. The van der Waals surface area contributed by atoms with Gasteiger partial charge in [0.05, 0.1) is 5.56 Å². The van der Waals surface area contributed by atoms with E-state index in [4.69, 9.17) is 0 Å². The molecule has 1 heterocycles. The molecule has 106 valence electrons. The Balaban J connectivity index is 2.18. The van der Waals surface area contributed by atoms with Gasteiger partial charge in [-0.15, -0.1) is 0 Å². The molecule has 19 heavy (non-hydrogen) atoms. The molecule has 0 aliphatic carbocycles. The fourth-order valence-electron chi connectivity index (χ4n) is 2.07. The molecule has 0 saturated carbocycles. The summed E-state index contributed by atoms with van der Waals surface area (Å²) in [4.78, 5) is 1.56. The summed E-state index contributed by atoms with van der Waals surface area (Å²) in [6, 6.07) is 5.33. The summed E-state index contributed by atoms with van der Waals surface area (Å²) in [6.45, 7) is 0.896. The van der Waals surface area contributed by atoms with Crippen molar-refractivity contribution in [3.05, 3.63) is 29.8 Å². The highest BCUT2D eigenvalue weighted by atomic mass is 32.2. The standard InChI is InChI=1S/C11H13F3N2O2S/c12-11(13,14)9-3-1-2-4-10(9)15-5-7-16(8-6-15)19(17)18/h1-4H,5-8H2,(H,17,18)/p-1. The van der Waals surface area contributed by atoms with E-state index in [1.54, 1.807) is 11.0 Å². The van der Waals surface area contributed by atoms with E-state index in [1.807, 2.05) is 0 Å². The van der Waals surface area contributed by atoms with E-state index in [0.29, 0.717) is 0 Å². The largest absolute Gasteiger partial charge is 0.760 e. The van der Waals surface area contributed by atoms with Crippen LogP contribution in [0.5, 0.6) is 0 Å². The molecule has 1 aliphatic heterocycles. The Morgan fingerprint density at radius 3 is 2.21 bits per heavy atom. The molecule has 8 heteroatoms. The van der Waals surface area contributed by atoms with Gasteiger partial charge in [-0.25, -0.2) is 4.31 Å². The first-order valence-electron chi connectivity index (χ1n) is 5.65. The van der Waals surface area contributed by atoms with E-state index in [2.05, 4.69) is 0 Å². The van der Waals surface area contributed by atoms with Gasteiger partial charge in [0.15, 0.2) is 0 Å². The van der Waals surface area contributed by atoms with Gasteiger partial charge in [-0.1, -0.05) is 12.1 Å². The van der Waals surface area contributed by atoms with Crippen LogP contribution in [-0.2, 0) is 17.4 Å². The molecule has 1 atom stereocenters. The van der Waals surface area contributed by atoms with Gasteiger partial charge in [0.25, 0.3) is 0 Å². The third-order valence-electron chi connectivity index (χ3n) is 3.00. The lowest BCUT2D eigenvalue weighted by atomic mass is 10.1. The maximum absolute atomic E-state index is 12.9. The lowest BCUT2D eigenvalue weighted by Crippen LogP contribution is -2.47. The highest BCUT2D eigenvalue weighted by Crippen LogP contribution is 2.36. The van der Waals surface area contributed by atoms with Crippen molar-refractivity contribution in [3.8, 4) is 0 Å². The smallest absolute Gasteiger partial charge is 0.418 e. The molecule has 0 amide bonds. The van der Waals surface area contributed by atoms with Gasteiger partial charge in [-0.2, -0.15) is 13.2 Å². The van der Waals surface area contributed by atoms with Crippen molar-refractivity contribution in [3.63, 3.8) is 0 Å². The summed E-state index contributed by atoms with van der Waals surface area (Å²) in [5.74, 6) is 0. The van der Waals surface area contributed by atoms with Gasteiger partial charge in [-0.3, -0.25) is 4.21 Å². The number of rotatable bonds is 2. The second-order valence-electron chi connectivity index (χ2n) is 4.15. The first kappa shape index (κ1) is 14.3. The monoisotopic (exact) mass is 293 g/mol. The Bertz CT molecular complexity index is 473.